The van der Waals surface area contributed by atoms with E-state index in [0.29, 0.717) is 38.9 Å². The predicted molar refractivity (Wildman–Crippen MR) is 192 cm³/mol. The third-order valence-electron chi connectivity index (χ3n) is 10.5. The number of methoxy groups -OCH3 is 2. The summed E-state index contributed by atoms with van der Waals surface area (Å²) < 4.78 is 45.0. The van der Waals surface area contributed by atoms with E-state index < -0.39 is 26.5 Å². The lowest BCUT2D eigenvalue weighted by Crippen LogP contribution is -2.67. The Labute approximate surface area is 293 Å². The molecular weight excluding hydrogens is 637 g/mol. The van der Waals surface area contributed by atoms with E-state index in [4.69, 9.17) is 32.8 Å². The lowest BCUT2D eigenvalue weighted by molar-refractivity contribution is -0.347. The molecule has 0 radical (unpaired) electrons. The molecule has 3 aromatic rings. The highest BCUT2D eigenvalue weighted by molar-refractivity contribution is 6.99. The number of ether oxygens (including phenoxy) is 6. The van der Waals surface area contributed by atoms with Crippen LogP contribution in [-0.2, 0) is 28.1 Å². The lowest BCUT2D eigenvalue weighted by Gasteiger charge is -2.50. The molecule has 8 atom stereocenters. The summed E-state index contributed by atoms with van der Waals surface area (Å²) in [7, 11) is 0.615. The summed E-state index contributed by atoms with van der Waals surface area (Å²) in [5, 5.41) is 13.6. The van der Waals surface area contributed by atoms with Crippen molar-refractivity contribution in [2.75, 3.05) is 27.4 Å². The highest BCUT2D eigenvalue weighted by Crippen LogP contribution is 2.44. The van der Waals surface area contributed by atoms with E-state index in [2.05, 4.69) is 88.4 Å². The first-order valence-electron chi connectivity index (χ1n) is 17.8. The molecule has 6 rings (SSSR count). The van der Waals surface area contributed by atoms with E-state index in [0.717, 1.165) is 17.7 Å². The van der Waals surface area contributed by atoms with Crippen molar-refractivity contribution in [1.82, 2.24) is 0 Å². The zero-order chi connectivity index (χ0) is 34.6. The molecule has 3 aliphatic rings. The van der Waals surface area contributed by atoms with Crippen LogP contribution in [0, 0.1) is 5.92 Å². The first-order valence-corrected chi connectivity index (χ1v) is 19.7. The third kappa shape index (κ3) is 8.00. The monoisotopic (exact) mass is 690 g/mol. The van der Waals surface area contributed by atoms with Gasteiger partial charge in [-0.05, 0) is 27.5 Å². The van der Waals surface area contributed by atoms with Gasteiger partial charge in [-0.1, -0.05) is 100 Å². The summed E-state index contributed by atoms with van der Waals surface area (Å²) in [5.41, 5.74) is 0.955. The van der Waals surface area contributed by atoms with Gasteiger partial charge in [0.15, 0.2) is 12.1 Å². The maximum Gasteiger partial charge on any atom is 0.261 e. The Kier molecular flexibility index (Phi) is 11.3. The van der Waals surface area contributed by atoms with Gasteiger partial charge in [0.1, 0.15) is 5.75 Å². The first-order chi connectivity index (χ1) is 23.5. The Hall–Kier alpha value is -2.60. The molecular formula is C40H54O8Si. The molecule has 3 fully saturated rings. The zero-order valence-electron chi connectivity index (χ0n) is 29.9. The molecule has 0 saturated carbocycles. The number of hydrogen-bond acceptors (Lipinski definition) is 8. The smallest absolute Gasteiger partial charge is 0.261 e. The van der Waals surface area contributed by atoms with Crippen molar-refractivity contribution < 1.29 is 38.0 Å². The molecule has 8 nitrogen and oxygen atoms in total. The maximum atomic E-state index is 11.3. The molecule has 3 heterocycles. The van der Waals surface area contributed by atoms with Crippen molar-refractivity contribution in [2.45, 2.75) is 107 Å². The average Bonchev–Trinajstić information content (AvgIpc) is 3.09. The number of aliphatic hydroxyl groups excluding tert-OH is 1. The molecule has 0 aromatic heterocycles. The van der Waals surface area contributed by atoms with Crippen LogP contribution in [0.2, 0.25) is 5.04 Å². The van der Waals surface area contributed by atoms with Crippen molar-refractivity contribution >= 4 is 18.7 Å². The minimum Gasteiger partial charge on any atom is -0.497 e. The second-order valence-corrected chi connectivity index (χ2v) is 19.4. The van der Waals surface area contributed by atoms with Crippen LogP contribution in [0.15, 0.2) is 84.9 Å². The van der Waals surface area contributed by atoms with Gasteiger partial charge in [0.2, 0.25) is 0 Å². The molecule has 1 N–H and O–H groups in total. The quantitative estimate of drug-likeness (QED) is 0.254. The minimum absolute atomic E-state index is 0.0742. The minimum atomic E-state index is -2.79. The SMILES string of the molecule is COc1ccc(C2OC[C@H](C)[C@H](C[C@@H]3C[C@H](OC)C[C@]4(C[C@@H](O)C[C@H](CO[Si](c5ccccc5)(c5ccccc5)C(C)(C)C)O4)O3)O2)cc1. The van der Waals surface area contributed by atoms with Gasteiger partial charge in [0, 0.05) is 50.7 Å². The third-order valence-corrected chi connectivity index (χ3v) is 15.5. The number of hydrogen-bond donors (Lipinski definition) is 1. The van der Waals surface area contributed by atoms with Gasteiger partial charge in [0.05, 0.1) is 50.8 Å². The standard InChI is InChI=1S/C40H54O8Si/c1-28-26-44-38(29-17-19-31(42-5)20-18-29)46-37(28)23-32-22-33(43-6)25-40(47-32)24-30(41)21-34(48-40)27-45-49(39(2,3)4,35-13-9-7-10-14-35)36-15-11-8-12-16-36/h7-20,28,30,32-34,37-38,41H,21-27H2,1-6H3/t28-,30-,32-,33-,34+,37-,38?,40+/m0/s1. The van der Waals surface area contributed by atoms with Crippen molar-refractivity contribution in [2.24, 2.45) is 5.92 Å². The van der Waals surface area contributed by atoms with Crippen LogP contribution >= 0.6 is 0 Å². The van der Waals surface area contributed by atoms with Gasteiger partial charge in [-0.25, -0.2) is 0 Å². The van der Waals surface area contributed by atoms with E-state index in [1.165, 1.54) is 10.4 Å². The number of aliphatic hydroxyl groups is 1. The van der Waals surface area contributed by atoms with Crippen LogP contribution in [0.5, 0.6) is 5.75 Å². The van der Waals surface area contributed by atoms with Crippen LogP contribution in [-0.4, -0.2) is 77.2 Å². The average molecular weight is 691 g/mol. The number of benzene rings is 3. The molecule has 0 amide bonds. The summed E-state index contributed by atoms with van der Waals surface area (Å²) in [6, 6.07) is 29.1. The fourth-order valence-corrected chi connectivity index (χ4v) is 12.6. The first kappa shape index (κ1) is 36.2. The van der Waals surface area contributed by atoms with Gasteiger partial charge in [0.25, 0.3) is 8.32 Å². The molecule has 9 heteroatoms. The van der Waals surface area contributed by atoms with E-state index in [1.807, 2.05) is 24.3 Å². The van der Waals surface area contributed by atoms with Crippen molar-refractivity contribution in [3.63, 3.8) is 0 Å². The maximum absolute atomic E-state index is 11.3. The predicted octanol–water partition coefficient (Wildman–Crippen LogP) is 6.14. The summed E-state index contributed by atoms with van der Waals surface area (Å²) in [6.45, 7) is 9.90. The Morgan fingerprint density at radius 3 is 2.06 bits per heavy atom. The molecule has 0 bridgehead atoms. The molecule has 0 aliphatic carbocycles. The summed E-state index contributed by atoms with van der Waals surface area (Å²) >= 11 is 0. The zero-order valence-corrected chi connectivity index (χ0v) is 30.9. The largest absolute Gasteiger partial charge is 0.497 e. The van der Waals surface area contributed by atoms with Gasteiger partial charge >= 0.3 is 0 Å². The van der Waals surface area contributed by atoms with Crippen molar-refractivity contribution in [1.29, 1.82) is 0 Å². The highest BCUT2D eigenvalue weighted by Gasteiger charge is 2.53. The van der Waals surface area contributed by atoms with Crippen molar-refractivity contribution in [3.8, 4) is 5.75 Å². The van der Waals surface area contributed by atoms with Crippen LogP contribution < -0.4 is 15.1 Å². The molecule has 3 aromatic carbocycles. The second kappa shape index (κ2) is 15.3. The van der Waals surface area contributed by atoms with Crippen LogP contribution in [0.25, 0.3) is 0 Å². The van der Waals surface area contributed by atoms with Gasteiger partial charge in [-0.15, -0.1) is 0 Å². The van der Waals surface area contributed by atoms with Gasteiger partial charge < -0.3 is 38.0 Å². The molecule has 49 heavy (non-hydrogen) atoms. The topological polar surface area (TPSA) is 84.8 Å². The van der Waals surface area contributed by atoms with Crippen LogP contribution in [0.1, 0.15) is 71.7 Å². The molecule has 1 spiro atoms. The normalized spacial score (nSPS) is 31.0. The number of rotatable bonds is 10. The lowest BCUT2D eigenvalue weighted by atomic mass is 9.87. The summed E-state index contributed by atoms with van der Waals surface area (Å²) in [5.74, 6) is -0.00629. The van der Waals surface area contributed by atoms with Crippen LogP contribution in [0.4, 0.5) is 0 Å². The van der Waals surface area contributed by atoms with E-state index >= 15 is 0 Å². The van der Waals surface area contributed by atoms with Crippen molar-refractivity contribution in [3.05, 3.63) is 90.5 Å². The summed E-state index contributed by atoms with van der Waals surface area (Å²) in [4.78, 5) is 0. The Balaban J connectivity index is 1.20. The van der Waals surface area contributed by atoms with E-state index in [1.54, 1.807) is 14.2 Å². The fraction of sp³-hybridized carbons (Fsp3) is 0.550. The second-order valence-electron chi connectivity index (χ2n) is 15.1. The molecule has 1 unspecified atom stereocenters. The van der Waals surface area contributed by atoms with E-state index in [9.17, 15) is 5.11 Å². The highest BCUT2D eigenvalue weighted by atomic mass is 28.4. The Bertz CT molecular complexity index is 1430. The molecule has 266 valence electrons. The Morgan fingerprint density at radius 1 is 0.837 bits per heavy atom. The van der Waals surface area contributed by atoms with Gasteiger partial charge in [-0.2, -0.15) is 0 Å². The molecule has 3 aliphatic heterocycles. The summed E-state index contributed by atoms with van der Waals surface area (Å²) in [6.07, 6.45) is 1.08. The van der Waals surface area contributed by atoms with E-state index in [-0.39, 0.29) is 35.4 Å². The Morgan fingerprint density at radius 2 is 1.47 bits per heavy atom. The fourth-order valence-electron chi connectivity index (χ4n) is 8.04. The molecule has 3 saturated heterocycles. The van der Waals surface area contributed by atoms with Crippen LogP contribution in [0.3, 0.4) is 0 Å². The van der Waals surface area contributed by atoms with Gasteiger partial charge in [-0.3, -0.25) is 0 Å².